The molecule has 0 fully saturated rings. The Morgan fingerprint density at radius 2 is 0.636 bits per heavy atom. The molecule has 0 saturated carbocycles. The molecule has 0 radical (unpaired) electrons. The van der Waals surface area contributed by atoms with E-state index in [1.807, 2.05) is 0 Å². The molecule has 0 bridgehead atoms. The zero-order chi connectivity index (χ0) is 24.2. The summed E-state index contributed by atoms with van der Waals surface area (Å²) in [6.07, 6.45) is 31.1. The van der Waals surface area contributed by atoms with Gasteiger partial charge in [-0.25, -0.2) is 0 Å². The first-order valence-corrected chi connectivity index (χ1v) is 15.0. The van der Waals surface area contributed by atoms with Gasteiger partial charge in [0.2, 0.25) is 0 Å². The van der Waals surface area contributed by atoms with Gasteiger partial charge in [-0.2, -0.15) is 0 Å². The van der Waals surface area contributed by atoms with Crippen molar-refractivity contribution in [3.8, 4) is 0 Å². The number of hydrogen-bond acceptors (Lipinski definition) is 5. The van der Waals surface area contributed by atoms with Crippen LogP contribution in [0.2, 0.25) is 0 Å². The minimum Gasteiger partial charge on any atom is -0.759 e. The van der Waals surface area contributed by atoms with Crippen LogP contribution in [0, 0.1) is 0 Å². The second-order valence-corrected chi connectivity index (χ2v) is 9.91. The fraction of sp³-hybridized carbons (Fsp3) is 1.00. The van der Waals surface area contributed by atoms with Crippen LogP contribution in [0.3, 0.4) is 0 Å². The Balaban J connectivity index is -0.00000134. The van der Waals surface area contributed by atoms with Crippen molar-refractivity contribution >= 4 is 10.4 Å². The molecule has 196 valence electrons. The molecule has 0 aliphatic carbocycles. The Kier molecular flexibility index (Phi) is 38.2. The zero-order valence-corrected chi connectivity index (χ0v) is 25.2. The molecule has 0 heterocycles. The van der Waals surface area contributed by atoms with Crippen molar-refractivity contribution < 1.29 is 51.8 Å². The number of rotatable bonds is 24. The van der Waals surface area contributed by atoms with Crippen molar-refractivity contribution in [1.29, 1.82) is 0 Å². The first-order valence-electron chi connectivity index (χ1n) is 13.7. The molecular formula is C26H54NaO5S-. The topological polar surface area (TPSA) is 89.5 Å². The second-order valence-electron chi connectivity index (χ2n) is 9.09. The predicted molar refractivity (Wildman–Crippen MR) is 134 cm³/mol. The predicted octanol–water partition coefficient (Wildman–Crippen LogP) is 5.29. The molecule has 0 unspecified atom stereocenters. The van der Waals surface area contributed by atoms with Gasteiger partial charge in [-0.05, 0) is 12.8 Å². The Bertz CT molecular complexity index is 400. The molecule has 0 aliphatic rings. The zero-order valence-electron chi connectivity index (χ0n) is 22.4. The van der Waals surface area contributed by atoms with E-state index < -0.39 is 10.4 Å². The van der Waals surface area contributed by atoms with Crippen LogP contribution in [-0.4, -0.2) is 30.7 Å². The summed E-state index contributed by atoms with van der Waals surface area (Å²) in [5, 5.41) is 0. The molecule has 0 saturated heterocycles. The Morgan fingerprint density at radius 3 is 0.848 bits per heavy atom. The summed E-state index contributed by atoms with van der Waals surface area (Å²) in [5.41, 5.74) is 0. The molecule has 0 aromatic carbocycles. The van der Waals surface area contributed by atoms with Gasteiger partial charge in [-0.3, -0.25) is 8.42 Å². The van der Waals surface area contributed by atoms with Crippen LogP contribution >= 0.6 is 0 Å². The molecule has 5 nitrogen and oxygen atoms in total. The molecule has 0 aromatic heterocycles. The smallest absolute Gasteiger partial charge is 0.759 e. The Morgan fingerprint density at radius 1 is 0.455 bits per heavy atom. The van der Waals surface area contributed by atoms with Crippen LogP contribution in [0.25, 0.3) is 0 Å². The standard InChI is InChI=1S/C26H54O.Na.H2O4S/c1-3-5-7-9-11-13-15-17-19-21-23-25-27-26-24-22-20-18-16-14-12-10-8-6-4-2;;1-5(2,3)4/h3-26H2,1-2H3;;(H2,1,2,3,4)/q;+1;/p-2. The van der Waals surface area contributed by atoms with Crippen molar-refractivity contribution in [3.63, 3.8) is 0 Å². The maximum Gasteiger partial charge on any atom is 1.00 e. The number of ether oxygens (including phenoxy) is 1. The van der Waals surface area contributed by atoms with E-state index in [0.717, 1.165) is 13.2 Å². The fourth-order valence-corrected chi connectivity index (χ4v) is 3.84. The van der Waals surface area contributed by atoms with Crippen molar-refractivity contribution in [3.05, 3.63) is 0 Å². The third kappa shape index (κ3) is 50.6. The van der Waals surface area contributed by atoms with Gasteiger partial charge in [-0.15, -0.1) is 0 Å². The molecule has 7 heteroatoms. The summed E-state index contributed by atoms with van der Waals surface area (Å²) >= 11 is 0. The van der Waals surface area contributed by atoms with Crippen molar-refractivity contribution in [1.82, 2.24) is 0 Å². The van der Waals surface area contributed by atoms with Gasteiger partial charge < -0.3 is 13.8 Å². The summed E-state index contributed by atoms with van der Waals surface area (Å²) < 4.78 is 39.9. The summed E-state index contributed by atoms with van der Waals surface area (Å²) in [5.74, 6) is 0. The third-order valence-corrected chi connectivity index (χ3v) is 5.78. The minimum atomic E-state index is -5.17. The maximum absolute atomic E-state index is 8.52. The normalized spacial score (nSPS) is 11.0. The molecule has 0 amide bonds. The quantitative estimate of drug-likeness (QED) is 0.0776. The second kappa shape index (κ2) is 32.8. The van der Waals surface area contributed by atoms with E-state index in [1.54, 1.807) is 0 Å². The molecule has 0 aliphatic heterocycles. The van der Waals surface area contributed by atoms with E-state index in [4.69, 9.17) is 22.3 Å². The number of unbranched alkanes of at least 4 members (excludes halogenated alkanes) is 20. The van der Waals surface area contributed by atoms with E-state index >= 15 is 0 Å². The third-order valence-electron chi connectivity index (χ3n) is 5.78. The van der Waals surface area contributed by atoms with Crippen LogP contribution in [0.15, 0.2) is 0 Å². The molecule has 0 aromatic rings. The van der Waals surface area contributed by atoms with Gasteiger partial charge in [0.05, 0.1) is 0 Å². The first-order chi connectivity index (χ1) is 15.4. The largest absolute Gasteiger partial charge is 1.00 e. The van der Waals surface area contributed by atoms with Crippen LogP contribution < -0.4 is 29.6 Å². The van der Waals surface area contributed by atoms with Crippen molar-refractivity contribution in [2.24, 2.45) is 0 Å². The van der Waals surface area contributed by atoms with E-state index in [1.165, 1.54) is 141 Å². The van der Waals surface area contributed by atoms with Crippen LogP contribution in [0.5, 0.6) is 0 Å². The number of hydrogen-bond donors (Lipinski definition) is 0. The average Bonchev–Trinajstić information content (AvgIpc) is 2.73. The Hall–Kier alpha value is 0.830. The van der Waals surface area contributed by atoms with E-state index in [2.05, 4.69) is 13.8 Å². The maximum atomic E-state index is 8.52. The molecule has 0 atom stereocenters. The SMILES string of the molecule is CCCCCCCCCCCCCOCCCCCCCCCCCCC.O=S(=O)([O-])[O-].[Na+]. The van der Waals surface area contributed by atoms with Crippen LogP contribution in [0.4, 0.5) is 0 Å². The van der Waals surface area contributed by atoms with Gasteiger partial charge in [-0.1, -0.05) is 142 Å². The van der Waals surface area contributed by atoms with Gasteiger partial charge in [0.1, 0.15) is 0 Å². The van der Waals surface area contributed by atoms with Crippen molar-refractivity contribution in [2.75, 3.05) is 13.2 Å². The van der Waals surface area contributed by atoms with Crippen LogP contribution in [0.1, 0.15) is 155 Å². The summed E-state index contributed by atoms with van der Waals surface area (Å²) in [7, 11) is -5.17. The van der Waals surface area contributed by atoms with E-state index in [-0.39, 0.29) is 29.6 Å². The molecular weight excluding hydrogens is 447 g/mol. The molecule has 0 N–H and O–H groups in total. The average molecular weight is 502 g/mol. The molecule has 0 rings (SSSR count). The van der Waals surface area contributed by atoms with Gasteiger partial charge in [0, 0.05) is 23.6 Å². The first kappa shape index (κ1) is 38.4. The fourth-order valence-electron chi connectivity index (χ4n) is 3.84. The summed E-state index contributed by atoms with van der Waals surface area (Å²) in [4.78, 5) is 0. The molecule has 0 spiro atoms. The van der Waals surface area contributed by atoms with Gasteiger partial charge >= 0.3 is 29.6 Å². The van der Waals surface area contributed by atoms with Crippen LogP contribution in [-0.2, 0) is 15.1 Å². The van der Waals surface area contributed by atoms with E-state index in [9.17, 15) is 0 Å². The monoisotopic (exact) mass is 501 g/mol. The van der Waals surface area contributed by atoms with Gasteiger partial charge in [0.25, 0.3) is 0 Å². The minimum absolute atomic E-state index is 0. The molecule has 33 heavy (non-hydrogen) atoms. The summed E-state index contributed by atoms with van der Waals surface area (Å²) in [6, 6.07) is 0. The van der Waals surface area contributed by atoms with E-state index in [0.29, 0.717) is 0 Å². The van der Waals surface area contributed by atoms with Gasteiger partial charge in [0.15, 0.2) is 0 Å². The summed E-state index contributed by atoms with van der Waals surface area (Å²) in [6.45, 7) is 6.58. The van der Waals surface area contributed by atoms with Crippen molar-refractivity contribution in [2.45, 2.75) is 155 Å². The Labute approximate surface area is 229 Å².